The van der Waals surface area contributed by atoms with Crippen molar-refractivity contribution in [2.75, 3.05) is 6.54 Å². The largest absolute Gasteiger partial charge is 0.307 e. The number of rotatable bonds is 1. The molecule has 0 aromatic heterocycles. The van der Waals surface area contributed by atoms with Gasteiger partial charge in [0.1, 0.15) is 0 Å². The minimum Gasteiger partial charge on any atom is -0.307 e. The summed E-state index contributed by atoms with van der Waals surface area (Å²) >= 11 is 5.11. The van der Waals surface area contributed by atoms with Crippen LogP contribution in [0.25, 0.3) is 0 Å². The summed E-state index contributed by atoms with van der Waals surface area (Å²) in [5.41, 5.74) is 0.0648. The van der Waals surface area contributed by atoms with E-state index in [4.69, 9.17) is 12.2 Å². The molecule has 0 N–H and O–H groups in total. The summed E-state index contributed by atoms with van der Waals surface area (Å²) in [6.07, 6.45) is 2.53. The Morgan fingerprint density at radius 2 is 2.15 bits per heavy atom. The summed E-state index contributed by atoms with van der Waals surface area (Å²) in [6, 6.07) is 0. The molecule has 0 unspecified atom stereocenters. The number of hydrogen-bond acceptors (Lipinski definition) is 2. The Bertz CT molecular complexity index is 230. The second kappa shape index (κ2) is 3.74. The molecular weight excluding hydrogens is 182 g/mol. The Kier molecular flexibility index (Phi) is 3.06. The summed E-state index contributed by atoms with van der Waals surface area (Å²) in [4.78, 5) is 14.3. The van der Waals surface area contributed by atoms with Crippen molar-refractivity contribution < 1.29 is 4.79 Å². The first-order valence-electron chi connectivity index (χ1n) is 4.73. The molecule has 0 bridgehead atoms. The van der Waals surface area contributed by atoms with Crippen LogP contribution in [0.2, 0.25) is 0 Å². The summed E-state index contributed by atoms with van der Waals surface area (Å²) in [5, 5.41) is 0. The van der Waals surface area contributed by atoms with Gasteiger partial charge in [-0.3, -0.25) is 4.79 Å². The lowest BCUT2D eigenvalue weighted by Crippen LogP contribution is -2.33. The fraction of sp³-hybridized carbons (Fsp3) is 0.800. The zero-order chi connectivity index (χ0) is 10.1. The Morgan fingerprint density at radius 3 is 2.54 bits per heavy atom. The highest BCUT2D eigenvalue weighted by atomic mass is 32.1. The molecule has 0 spiro atoms. The van der Waals surface area contributed by atoms with Crippen molar-refractivity contribution in [3.8, 4) is 0 Å². The summed E-state index contributed by atoms with van der Waals surface area (Å²) in [5.74, 6) is 0.190. The molecule has 1 aliphatic heterocycles. The zero-order valence-corrected chi connectivity index (χ0v) is 9.41. The van der Waals surface area contributed by atoms with Gasteiger partial charge >= 0.3 is 0 Å². The summed E-state index contributed by atoms with van der Waals surface area (Å²) in [7, 11) is 0. The van der Waals surface area contributed by atoms with Crippen molar-refractivity contribution in [1.29, 1.82) is 0 Å². The topological polar surface area (TPSA) is 20.3 Å². The lowest BCUT2D eigenvalue weighted by Gasteiger charge is -2.22. The van der Waals surface area contributed by atoms with Crippen LogP contribution in [0, 0.1) is 5.41 Å². The molecule has 1 amide bonds. The van der Waals surface area contributed by atoms with E-state index in [1.54, 1.807) is 4.90 Å². The van der Waals surface area contributed by atoms with Gasteiger partial charge in [-0.15, -0.1) is 0 Å². The normalized spacial score (nSPS) is 18.1. The van der Waals surface area contributed by atoms with Gasteiger partial charge in [-0.25, -0.2) is 0 Å². The highest BCUT2D eigenvalue weighted by Gasteiger charge is 2.26. The minimum absolute atomic E-state index is 0.0648. The maximum atomic E-state index is 11.7. The van der Waals surface area contributed by atoms with E-state index in [2.05, 4.69) is 20.8 Å². The van der Waals surface area contributed by atoms with E-state index in [1.165, 1.54) is 0 Å². The van der Waals surface area contributed by atoms with Crippen molar-refractivity contribution in [1.82, 2.24) is 4.90 Å². The fourth-order valence-corrected chi connectivity index (χ4v) is 1.80. The van der Waals surface area contributed by atoms with Gasteiger partial charge in [0.2, 0.25) is 5.91 Å². The number of likely N-dealkylation sites (tertiary alicyclic amines) is 1. The first kappa shape index (κ1) is 10.6. The molecule has 0 radical (unpaired) electrons. The maximum Gasteiger partial charge on any atom is 0.227 e. The molecule has 1 fully saturated rings. The molecule has 74 valence electrons. The van der Waals surface area contributed by atoms with Crippen LogP contribution < -0.4 is 0 Å². The number of nitrogens with zero attached hydrogens (tertiary/aromatic N) is 1. The van der Waals surface area contributed by atoms with Crippen LogP contribution in [-0.4, -0.2) is 22.3 Å². The summed E-state index contributed by atoms with van der Waals surface area (Å²) < 4.78 is 0. The lowest BCUT2D eigenvalue weighted by molar-refractivity contribution is -0.128. The Labute approximate surface area is 85.3 Å². The number of thiocarbonyl (C=S) groups is 1. The minimum atomic E-state index is 0.0648. The van der Waals surface area contributed by atoms with Gasteiger partial charge < -0.3 is 4.90 Å². The first-order valence-corrected chi connectivity index (χ1v) is 5.14. The van der Waals surface area contributed by atoms with E-state index in [-0.39, 0.29) is 11.3 Å². The second-order valence-corrected chi connectivity index (χ2v) is 5.25. The summed E-state index contributed by atoms with van der Waals surface area (Å²) in [6.45, 7) is 7.05. The molecule has 0 aliphatic carbocycles. The van der Waals surface area contributed by atoms with Crippen LogP contribution in [0.15, 0.2) is 0 Å². The molecule has 2 nitrogen and oxygen atoms in total. The average Bonchev–Trinajstić information content (AvgIpc) is 2.30. The molecule has 13 heavy (non-hydrogen) atoms. The van der Waals surface area contributed by atoms with Gasteiger partial charge in [0, 0.05) is 19.4 Å². The van der Waals surface area contributed by atoms with Crippen LogP contribution in [0.5, 0.6) is 0 Å². The molecule has 0 aromatic rings. The third kappa shape index (κ3) is 3.07. The van der Waals surface area contributed by atoms with Gasteiger partial charge in [0.25, 0.3) is 0 Å². The van der Waals surface area contributed by atoms with Crippen LogP contribution in [0.3, 0.4) is 0 Å². The molecule has 0 atom stereocenters. The van der Waals surface area contributed by atoms with Crippen LogP contribution in [0.1, 0.15) is 40.0 Å². The van der Waals surface area contributed by atoms with Crippen LogP contribution in [-0.2, 0) is 4.79 Å². The molecule has 1 rings (SSSR count). The average molecular weight is 199 g/mol. The van der Waals surface area contributed by atoms with Gasteiger partial charge in [0.15, 0.2) is 0 Å². The van der Waals surface area contributed by atoms with Crippen molar-refractivity contribution in [3.05, 3.63) is 0 Å². The lowest BCUT2D eigenvalue weighted by atomic mass is 9.92. The Hall–Kier alpha value is -0.440. The Balaban J connectivity index is 2.53. The van der Waals surface area contributed by atoms with Gasteiger partial charge in [-0.1, -0.05) is 33.0 Å². The van der Waals surface area contributed by atoms with E-state index in [1.807, 2.05) is 0 Å². The van der Waals surface area contributed by atoms with E-state index < -0.39 is 0 Å². The van der Waals surface area contributed by atoms with Crippen LogP contribution in [0.4, 0.5) is 0 Å². The highest BCUT2D eigenvalue weighted by Crippen LogP contribution is 2.22. The molecule has 1 aliphatic rings. The molecule has 1 heterocycles. The molecule has 0 saturated carbocycles. The first-order chi connectivity index (χ1) is 5.90. The van der Waals surface area contributed by atoms with Crippen LogP contribution >= 0.6 is 12.2 Å². The third-order valence-electron chi connectivity index (χ3n) is 2.06. The Morgan fingerprint density at radius 1 is 1.54 bits per heavy atom. The number of carbonyl (C=O) groups excluding carboxylic acids is 1. The van der Waals surface area contributed by atoms with Gasteiger partial charge in [-0.2, -0.15) is 0 Å². The predicted molar refractivity (Wildman–Crippen MR) is 57.6 cm³/mol. The fourth-order valence-electron chi connectivity index (χ4n) is 1.46. The second-order valence-electron chi connectivity index (χ2n) is 4.78. The van der Waals surface area contributed by atoms with E-state index >= 15 is 0 Å². The molecular formula is C10H17NOS. The molecule has 1 saturated heterocycles. The number of amides is 1. The molecule has 3 heteroatoms. The molecule has 0 aromatic carbocycles. The SMILES string of the molecule is CC(C)(C)CC(=O)N1CCCC1=S. The van der Waals surface area contributed by atoms with E-state index in [0.29, 0.717) is 6.42 Å². The van der Waals surface area contributed by atoms with Crippen molar-refractivity contribution in [2.45, 2.75) is 40.0 Å². The monoisotopic (exact) mass is 199 g/mol. The smallest absolute Gasteiger partial charge is 0.227 e. The highest BCUT2D eigenvalue weighted by molar-refractivity contribution is 7.80. The van der Waals surface area contributed by atoms with E-state index in [9.17, 15) is 4.79 Å². The van der Waals surface area contributed by atoms with Gasteiger partial charge in [-0.05, 0) is 11.8 Å². The standard InChI is InChI=1S/C10H17NOS/c1-10(2,3)7-8(12)11-6-4-5-9(11)13/h4-7H2,1-3H3. The number of carbonyl (C=O) groups is 1. The number of hydrogen-bond donors (Lipinski definition) is 0. The quantitative estimate of drug-likeness (QED) is 0.604. The van der Waals surface area contributed by atoms with Gasteiger partial charge in [0.05, 0.1) is 4.99 Å². The van der Waals surface area contributed by atoms with Crippen molar-refractivity contribution in [2.24, 2.45) is 5.41 Å². The zero-order valence-electron chi connectivity index (χ0n) is 8.59. The third-order valence-corrected chi connectivity index (χ3v) is 2.48. The van der Waals surface area contributed by atoms with Crippen molar-refractivity contribution in [3.63, 3.8) is 0 Å². The van der Waals surface area contributed by atoms with E-state index in [0.717, 1.165) is 24.4 Å². The maximum absolute atomic E-state index is 11.7. The van der Waals surface area contributed by atoms with Crippen molar-refractivity contribution >= 4 is 23.1 Å². The predicted octanol–water partition coefficient (Wildman–Crippen LogP) is 2.37.